The topological polar surface area (TPSA) is 61.8 Å². The quantitative estimate of drug-likeness (QED) is 0.580. The zero-order valence-electron chi connectivity index (χ0n) is 18.0. The highest BCUT2D eigenvalue weighted by Crippen LogP contribution is 2.33. The summed E-state index contributed by atoms with van der Waals surface area (Å²) in [5, 5.41) is 10.3. The standard InChI is InChI=1S/C21H37N5OS/c1-20(2,3)17-15-28-18(25-17)14-23-19(22-4)24-16-21(8-6-5-7-9-21)26-10-12-27-13-11-26/h15H,5-14,16H2,1-4H3,(H2,22,23,24). The Morgan fingerprint density at radius 2 is 1.93 bits per heavy atom. The van der Waals surface area contributed by atoms with E-state index in [9.17, 15) is 0 Å². The summed E-state index contributed by atoms with van der Waals surface area (Å²) < 4.78 is 5.59. The summed E-state index contributed by atoms with van der Waals surface area (Å²) in [4.78, 5) is 11.9. The largest absolute Gasteiger partial charge is 0.379 e. The molecule has 2 aliphatic rings. The first-order valence-corrected chi connectivity index (χ1v) is 11.5. The number of guanidine groups is 1. The van der Waals surface area contributed by atoms with Crippen LogP contribution in [-0.4, -0.2) is 61.3 Å². The number of thiazole rings is 1. The summed E-state index contributed by atoms with van der Waals surface area (Å²) in [6.45, 7) is 12.1. The van der Waals surface area contributed by atoms with Crippen molar-refractivity contribution >= 4 is 17.3 Å². The molecule has 2 heterocycles. The van der Waals surface area contributed by atoms with E-state index in [1.54, 1.807) is 11.3 Å². The second-order valence-corrected chi connectivity index (χ2v) is 9.98. The summed E-state index contributed by atoms with van der Waals surface area (Å²) in [7, 11) is 1.85. The van der Waals surface area contributed by atoms with Crippen molar-refractivity contribution in [3.05, 3.63) is 16.1 Å². The summed E-state index contributed by atoms with van der Waals surface area (Å²) in [5.41, 5.74) is 1.49. The van der Waals surface area contributed by atoms with E-state index in [4.69, 9.17) is 9.72 Å². The molecule has 158 valence electrons. The number of hydrogen-bond donors (Lipinski definition) is 2. The lowest BCUT2D eigenvalue weighted by Gasteiger charge is -2.48. The van der Waals surface area contributed by atoms with Gasteiger partial charge >= 0.3 is 0 Å². The van der Waals surface area contributed by atoms with Crippen molar-refractivity contribution in [2.75, 3.05) is 39.9 Å². The molecule has 1 saturated heterocycles. The first-order valence-electron chi connectivity index (χ1n) is 10.7. The van der Waals surface area contributed by atoms with Gasteiger partial charge in [0.1, 0.15) is 5.01 Å². The van der Waals surface area contributed by atoms with Gasteiger partial charge < -0.3 is 15.4 Å². The predicted molar refractivity (Wildman–Crippen MR) is 117 cm³/mol. The van der Waals surface area contributed by atoms with Gasteiger partial charge in [-0.1, -0.05) is 40.0 Å². The van der Waals surface area contributed by atoms with E-state index in [-0.39, 0.29) is 11.0 Å². The number of morpholine rings is 1. The van der Waals surface area contributed by atoms with Crippen molar-refractivity contribution in [1.82, 2.24) is 20.5 Å². The molecule has 0 amide bonds. The Morgan fingerprint density at radius 3 is 2.54 bits per heavy atom. The maximum Gasteiger partial charge on any atom is 0.191 e. The third kappa shape index (κ3) is 5.45. The van der Waals surface area contributed by atoms with Crippen LogP contribution in [0.25, 0.3) is 0 Å². The van der Waals surface area contributed by atoms with Crippen LogP contribution >= 0.6 is 11.3 Å². The van der Waals surface area contributed by atoms with Crippen molar-refractivity contribution in [3.63, 3.8) is 0 Å². The molecule has 1 aliphatic heterocycles. The van der Waals surface area contributed by atoms with Crippen LogP contribution in [0.5, 0.6) is 0 Å². The zero-order chi connectivity index (χ0) is 20.0. The molecule has 28 heavy (non-hydrogen) atoms. The summed E-state index contributed by atoms with van der Waals surface area (Å²) in [6, 6.07) is 0. The van der Waals surface area contributed by atoms with E-state index in [2.05, 4.69) is 46.7 Å². The second-order valence-electron chi connectivity index (χ2n) is 9.04. The third-order valence-corrected chi connectivity index (χ3v) is 6.85. The SMILES string of the molecule is CN=C(NCc1nc(C(C)(C)C)cs1)NCC1(N2CCOCC2)CCCCC1. The molecule has 0 aromatic carbocycles. The number of hydrogen-bond acceptors (Lipinski definition) is 5. The molecule has 0 atom stereocenters. The molecule has 0 radical (unpaired) electrons. The van der Waals surface area contributed by atoms with Crippen molar-refractivity contribution < 1.29 is 4.74 Å². The molecule has 0 unspecified atom stereocenters. The fourth-order valence-corrected chi connectivity index (χ4v) is 5.18. The van der Waals surface area contributed by atoms with E-state index in [0.717, 1.165) is 49.5 Å². The number of aromatic nitrogens is 1. The van der Waals surface area contributed by atoms with Gasteiger partial charge in [0, 0.05) is 43.0 Å². The second kappa shape index (κ2) is 9.55. The first kappa shape index (κ1) is 21.5. The van der Waals surface area contributed by atoms with Crippen molar-refractivity contribution in [2.45, 2.75) is 70.4 Å². The fourth-order valence-electron chi connectivity index (χ4n) is 4.22. The molecular formula is C21H37N5OS. The van der Waals surface area contributed by atoms with Gasteiger partial charge in [-0.2, -0.15) is 0 Å². The van der Waals surface area contributed by atoms with Gasteiger partial charge in [-0.3, -0.25) is 9.89 Å². The normalized spacial score (nSPS) is 21.5. The Hall–Kier alpha value is -1.18. The molecule has 7 heteroatoms. The minimum atomic E-state index is 0.0974. The lowest BCUT2D eigenvalue weighted by molar-refractivity contribution is -0.0352. The van der Waals surface area contributed by atoms with Gasteiger partial charge in [-0.15, -0.1) is 11.3 Å². The molecule has 2 N–H and O–H groups in total. The van der Waals surface area contributed by atoms with Crippen LogP contribution < -0.4 is 10.6 Å². The highest BCUT2D eigenvalue weighted by molar-refractivity contribution is 7.09. The van der Waals surface area contributed by atoms with Gasteiger partial charge in [0.05, 0.1) is 25.5 Å². The highest BCUT2D eigenvalue weighted by Gasteiger charge is 2.38. The number of nitrogens with one attached hydrogen (secondary N) is 2. The number of nitrogens with zero attached hydrogens (tertiary/aromatic N) is 3. The van der Waals surface area contributed by atoms with Gasteiger partial charge in [-0.25, -0.2) is 4.98 Å². The van der Waals surface area contributed by atoms with Gasteiger partial charge in [0.15, 0.2) is 5.96 Å². The van der Waals surface area contributed by atoms with Crippen LogP contribution in [0.2, 0.25) is 0 Å². The Labute approximate surface area is 174 Å². The minimum Gasteiger partial charge on any atom is -0.379 e. The number of aliphatic imine (C=N–C) groups is 1. The van der Waals surface area contributed by atoms with Gasteiger partial charge in [0.2, 0.25) is 0 Å². The van der Waals surface area contributed by atoms with E-state index in [1.807, 2.05) is 7.05 Å². The molecule has 6 nitrogen and oxygen atoms in total. The van der Waals surface area contributed by atoms with Crippen LogP contribution in [0.3, 0.4) is 0 Å². The monoisotopic (exact) mass is 407 g/mol. The first-order chi connectivity index (χ1) is 13.4. The van der Waals surface area contributed by atoms with Gasteiger partial charge in [0.25, 0.3) is 0 Å². The maximum absolute atomic E-state index is 5.59. The molecule has 0 bridgehead atoms. The molecular weight excluding hydrogens is 370 g/mol. The third-order valence-electron chi connectivity index (χ3n) is 6.00. The zero-order valence-corrected chi connectivity index (χ0v) is 18.8. The lowest BCUT2D eigenvalue weighted by atomic mass is 9.80. The van der Waals surface area contributed by atoms with Crippen molar-refractivity contribution in [1.29, 1.82) is 0 Å². The van der Waals surface area contributed by atoms with Crippen LogP contribution in [0.1, 0.15) is 63.6 Å². The smallest absolute Gasteiger partial charge is 0.191 e. The molecule has 3 rings (SSSR count). The fraction of sp³-hybridized carbons (Fsp3) is 0.810. The molecule has 0 spiro atoms. The Kier molecular flexibility index (Phi) is 7.34. The summed E-state index contributed by atoms with van der Waals surface area (Å²) in [5.74, 6) is 0.866. The van der Waals surface area contributed by atoms with Crippen LogP contribution in [-0.2, 0) is 16.7 Å². The van der Waals surface area contributed by atoms with Crippen molar-refractivity contribution in [2.24, 2.45) is 4.99 Å². The average Bonchev–Trinajstić information content (AvgIpc) is 3.19. The van der Waals surface area contributed by atoms with Crippen molar-refractivity contribution in [3.8, 4) is 0 Å². The minimum absolute atomic E-state index is 0.0974. The Morgan fingerprint density at radius 1 is 1.21 bits per heavy atom. The Bertz CT molecular complexity index is 639. The molecule has 1 saturated carbocycles. The van der Waals surface area contributed by atoms with Crippen LogP contribution in [0.4, 0.5) is 0 Å². The number of ether oxygens (including phenoxy) is 1. The Balaban J connectivity index is 1.56. The summed E-state index contributed by atoms with van der Waals surface area (Å²) in [6.07, 6.45) is 6.52. The molecule has 2 fully saturated rings. The van der Waals surface area contributed by atoms with Gasteiger partial charge in [-0.05, 0) is 12.8 Å². The van der Waals surface area contributed by atoms with E-state index >= 15 is 0 Å². The van der Waals surface area contributed by atoms with E-state index in [0.29, 0.717) is 6.54 Å². The van der Waals surface area contributed by atoms with E-state index in [1.165, 1.54) is 32.1 Å². The molecule has 1 aromatic heterocycles. The number of rotatable bonds is 5. The average molecular weight is 408 g/mol. The summed E-state index contributed by atoms with van der Waals surface area (Å²) >= 11 is 1.72. The molecule has 1 aliphatic carbocycles. The lowest BCUT2D eigenvalue weighted by Crippen LogP contribution is -2.60. The van der Waals surface area contributed by atoms with Crippen LogP contribution in [0.15, 0.2) is 10.4 Å². The molecule has 1 aromatic rings. The predicted octanol–water partition coefficient (Wildman–Crippen LogP) is 3.14. The highest BCUT2D eigenvalue weighted by atomic mass is 32.1. The van der Waals surface area contributed by atoms with Crippen LogP contribution in [0, 0.1) is 0 Å². The maximum atomic E-state index is 5.59. The van der Waals surface area contributed by atoms with E-state index < -0.39 is 0 Å².